The van der Waals surface area contributed by atoms with E-state index >= 15 is 0 Å². The molecule has 2 atom stereocenters. The van der Waals surface area contributed by atoms with E-state index in [0.717, 1.165) is 19.4 Å². The van der Waals surface area contributed by atoms with Gasteiger partial charge in [0.15, 0.2) is 0 Å². The van der Waals surface area contributed by atoms with E-state index < -0.39 is 0 Å². The molecule has 0 bridgehead atoms. The molecule has 1 saturated carbocycles. The van der Waals surface area contributed by atoms with Gasteiger partial charge in [-0.2, -0.15) is 0 Å². The number of nitrogens with zero attached hydrogens (tertiary/aromatic N) is 2. The maximum atomic E-state index is 9.95. The number of hydrogen-bond acceptors (Lipinski definition) is 3. The fourth-order valence-corrected chi connectivity index (χ4v) is 3.89. The van der Waals surface area contributed by atoms with Gasteiger partial charge in [-0.3, -0.25) is 0 Å². The zero-order chi connectivity index (χ0) is 15.5. The van der Waals surface area contributed by atoms with Crippen molar-refractivity contribution in [3.8, 4) is 0 Å². The third-order valence-electron chi connectivity index (χ3n) is 4.80. The van der Waals surface area contributed by atoms with E-state index in [4.69, 9.17) is 0 Å². The van der Waals surface area contributed by atoms with Gasteiger partial charge in [-0.1, -0.05) is 34.1 Å². The van der Waals surface area contributed by atoms with Crippen molar-refractivity contribution >= 4 is 0 Å². The van der Waals surface area contributed by atoms with Crippen LogP contribution in [0, 0.1) is 5.92 Å². The molecule has 1 fully saturated rings. The Morgan fingerprint density at radius 2 is 2.19 bits per heavy atom. The van der Waals surface area contributed by atoms with Gasteiger partial charge in [0.2, 0.25) is 0 Å². The molecule has 2 unspecified atom stereocenters. The van der Waals surface area contributed by atoms with E-state index in [-0.39, 0.29) is 12.1 Å². The lowest BCUT2D eigenvalue weighted by Gasteiger charge is -2.37. The third kappa shape index (κ3) is 3.67. The van der Waals surface area contributed by atoms with Gasteiger partial charge in [0.05, 0.1) is 6.61 Å². The van der Waals surface area contributed by atoms with E-state index in [9.17, 15) is 5.11 Å². The Bertz CT molecular complexity index is 441. The number of rotatable bonds is 7. The number of aromatic nitrogens is 2. The molecule has 120 valence electrons. The van der Waals surface area contributed by atoms with Crippen molar-refractivity contribution in [2.24, 2.45) is 5.92 Å². The highest BCUT2D eigenvalue weighted by Gasteiger charge is 2.42. The number of hydrogen-bond donors (Lipinski definition) is 2. The summed E-state index contributed by atoms with van der Waals surface area (Å²) in [5.41, 5.74) is -0.0766. The van der Waals surface area contributed by atoms with Gasteiger partial charge < -0.3 is 15.0 Å². The second kappa shape index (κ2) is 6.93. The topological polar surface area (TPSA) is 50.1 Å². The van der Waals surface area contributed by atoms with Crippen LogP contribution < -0.4 is 5.32 Å². The molecule has 4 heteroatoms. The monoisotopic (exact) mass is 293 g/mol. The Labute approximate surface area is 129 Å². The number of nitrogens with one attached hydrogen (secondary N) is 1. The molecule has 0 aromatic carbocycles. The minimum Gasteiger partial charge on any atom is -0.394 e. The number of aliphatic hydroxyl groups is 1. The lowest BCUT2D eigenvalue weighted by atomic mass is 9.84. The van der Waals surface area contributed by atoms with Gasteiger partial charge in [-0.05, 0) is 25.2 Å². The average Bonchev–Trinajstić information content (AvgIpc) is 3.02. The Morgan fingerprint density at radius 3 is 2.81 bits per heavy atom. The molecule has 0 aliphatic heterocycles. The molecule has 0 radical (unpaired) electrons. The quantitative estimate of drug-likeness (QED) is 0.812. The van der Waals surface area contributed by atoms with Crippen molar-refractivity contribution in [1.82, 2.24) is 14.9 Å². The molecular formula is C17H31N3O. The van der Waals surface area contributed by atoms with Gasteiger partial charge in [0.25, 0.3) is 0 Å². The molecule has 1 aliphatic rings. The van der Waals surface area contributed by atoms with Crippen molar-refractivity contribution in [1.29, 1.82) is 0 Å². The van der Waals surface area contributed by atoms with Crippen molar-refractivity contribution in [2.75, 3.05) is 6.61 Å². The zero-order valence-corrected chi connectivity index (χ0v) is 14.0. The summed E-state index contributed by atoms with van der Waals surface area (Å²) < 4.78 is 2.28. The molecule has 1 aromatic heterocycles. The fourth-order valence-electron chi connectivity index (χ4n) is 3.89. The summed E-state index contributed by atoms with van der Waals surface area (Å²) in [5, 5.41) is 13.6. The molecule has 1 aliphatic carbocycles. The highest BCUT2D eigenvalue weighted by atomic mass is 16.3. The van der Waals surface area contributed by atoms with E-state index in [1.54, 1.807) is 0 Å². The van der Waals surface area contributed by atoms with Gasteiger partial charge in [0.1, 0.15) is 5.82 Å². The number of aliphatic hydroxyl groups excluding tert-OH is 1. The maximum absolute atomic E-state index is 9.95. The van der Waals surface area contributed by atoms with Crippen LogP contribution in [0.3, 0.4) is 0 Å². The highest BCUT2D eigenvalue weighted by Crippen LogP contribution is 2.38. The summed E-state index contributed by atoms with van der Waals surface area (Å²) >= 11 is 0. The molecule has 2 N–H and O–H groups in total. The minimum atomic E-state index is -0.0766. The zero-order valence-electron chi connectivity index (χ0n) is 14.0. The lowest BCUT2D eigenvalue weighted by Crippen LogP contribution is -2.54. The Hall–Kier alpha value is -0.870. The van der Waals surface area contributed by atoms with Crippen LogP contribution in [0.2, 0.25) is 0 Å². The van der Waals surface area contributed by atoms with Crippen LogP contribution in [0.4, 0.5) is 0 Å². The molecule has 1 heterocycles. The minimum absolute atomic E-state index is 0.0766. The van der Waals surface area contributed by atoms with Crippen LogP contribution in [0.25, 0.3) is 0 Å². The van der Waals surface area contributed by atoms with Gasteiger partial charge in [-0.25, -0.2) is 4.98 Å². The van der Waals surface area contributed by atoms with Crippen molar-refractivity contribution < 1.29 is 5.11 Å². The molecule has 0 spiro atoms. The van der Waals surface area contributed by atoms with E-state index in [1.165, 1.54) is 18.7 Å². The molecule has 21 heavy (non-hydrogen) atoms. The Morgan fingerprint density at radius 1 is 1.43 bits per heavy atom. The second-order valence-corrected chi connectivity index (χ2v) is 7.12. The molecular weight excluding hydrogens is 262 g/mol. The first-order valence-electron chi connectivity index (χ1n) is 8.38. The summed E-state index contributed by atoms with van der Waals surface area (Å²) in [6, 6.07) is 0.414. The Balaban J connectivity index is 2.02. The van der Waals surface area contributed by atoms with Crippen LogP contribution in [-0.2, 0) is 6.54 Å². The van der Waals surface area contributed by atoms with Crippen LogP contribution in [0.15, 0.2) is 12.4 Å². The third-order valence-corrected chi connectivity index (χ3v) is 4.80. The molecule has 0 amide bonds. The first-order chi connectivity index (χ1) is 9.98. The van der Waals surface area contributed by atoms with Crippen LogP contribution >= 0.6 is 0 Å². The number of imidazole rings is 1. The van der Waals surface area contributed by atoms with Crippen molar-refractivity contribution in [3.05, 3.63) is 18.2 Å². The Kier molecular flexibility index (Phi) is 5.44. The van der Waals surface area contributed by atoms with Gasteiger partial charge >= 0.3 is 0 Å². The van der Waals surface area contributed by atoms with Crippen LogP contribution in [-0.4, -0.2) is 32.8 Å². The summed E-state index contributed by atoms with van der Waals surface area (Å²) in [6.45, 7) is 9.95. The van der Waals surface area contributed by atoms with E-state index in [2.05, 4.69) is 48.8 Å². The van der Waals surface area contributed by atoms with E-state index in [1.807, 2.05) is 6.20 Å². The predicted molar refractivity (Wildman–Crippen MR) is 86.4 cm³/mol. The smallest absolute Gasteiger partial charge is 0.111 e. The SMILES string of the molecule is CC(C)NC1(CO)CCCC1CCn1ccnc1C(C)C. The highest BCUT2D eigenvalue weighted by molar-refractivity contribution is 5.01. The second-order valence-electron chi connectivity index (χ2n) is 7.12. The first-order valence-corrected chi connectivity index (χ1v) is 8.38. The molecule has 1 aromatic rings. The summed E-state index contributed by atoms with van der Waals surface area (Å²) in [7, 11) is 0. The van der Waals surface area contributed by atoms with E-state index in [0.29, 0.717) is 17.9 Å². The van der Waals surface area contributed by atoms with Crippen molar-refractivity contribution in [3.63, 3.8) is 0 Å². The lowest BCUT2D eigenvalue weighted by molar-refractivity contribution is 0.108. The van der Waals surface area contributed by atoms with Crippen LogP contribution in [0.5, 0.6) is 0 Å². The first kappa shape index (κ1) is 16.5. The molecule has 0 saturated heterocycles. The summed E-state index contributed by atoms with van der Waals surface area (Å²) in [4.78, 5) is 4.46. The predicted octanol–water partition coefficient (Wildman–Crippen LogP) is 2.93. The molecule has 4 nitrogen and oxygen atoms in total. The normalized spacial score (nSPS) is 26.1. The molecule has 2 rings (SSSR count). The van der Waals surface area contributed by atoms with Crippen LogP contribution in [0.1, 0.15) is 65.1 Å². The maximum Gasteiger partial charge on any atom is 0.111 e. The van der Waals surface area contributed by atoms with Gasteiger partial charge in [-0.15, -0.1) is 0 Å². The summed E-state index contributed by atoms with van der Waals surface area (Å²) in [6.07, 6.45) is 8.61. The standard InChI is InChI=1S/C17H31N3O/c1-13(2)16-18-9-11-20(16)10-7-15-6-5-8-17(15,12-21)19-14(3)4/h9,11,13-15,19,21H,5-8,10,12H2,1-4H3. The summed E-state index contributed by atoms with van der Waals surface area (Å²) in [5.74, 6) is 2.17. The average molecular weight is 293 g/mol. The largest absolute Gasteiger partial charge is 0.394 e. The van der Waals surface area contributed by atoms with Crippen molar-refractivity contribution in [2.45, 2.75) is 77.4 Å². The van der Waals surface area contributed by atoms with Gasteiger partial charge in [0, 0.05) is 36.4 Å². The fraction of sp³-hybridized carbons (Fsp3) is 0.824. The number of aryl methyl sites for hydroxylation is 1.